The first-order chi connectivity index (χ1) is 14.9. The molecule has 0 aromatic heterocycles. The third kappa shape index (κ3) is 6.25. The van der Waals surface area contributed by atoms with E-state index in [2.05, 4.69) is 9.86 Å². The van der Waals surface area contributed by atoms with E-state index in [1.165, 1.54) is 12.1 Å². The molecule has 0 bridgehead atoms. The molecule has 2 unspecified atom stereocenters. The molecule has 0 aliphatic carbocycles. The first-order valence-corrected chi connectivity index (χ1v) is 10.7. The SMILES string of the molecule is COc1ccc(/C=N/N2CN(C(C)C(=O)O)P(N(CCO)CCO)N=C2N)cc1OC. The van der Waals surface area contributed by atoms with Crippen molar-refractivity contribution < 1.29 is 29.6 Å². The van der Waals surface area contributed by atoms with Crippen molar-refractivity contribution in [3.05, 3.63) is 23.8 Å². The Balaban J connectivity index is 2.32. The quantitative estimate of drug-likeness (QED) is 0.262. The van der Waals surface area contributed by atoms with E-state index in [-0.39, 0.29) is 38.9 Å². The monoisotopic (exact) mass is 456 g/mol. The molecular formula is C18H29N6O6P. The third-order valence-corrected chi connectivity index (χ3v) is 6.71. The highest BCUT2D eigenvalue weighted by Gasteiger charge is 2.37. The first kappa shape index (κ1) is 24.8. The second-order valence-electron chi connectivity index (χ2n) is 6.48. The summed E-state index contributed by atoms with van der Waals surface area (Å²) in [6.45, 7) is 1.74. The lowest BCUT2D eigenvalue weighted by Gasteiger charge is -2.42. The Hall–Kier alpha value is -2.50. The van der Waals surface area contributed by atoms with E-state index in [9.17, 15) is 20.1 Å². The van der Waals surface area contributed by atoms with Crippen molar-refractivity contribution in [1.29, 1.82) is 0 Å². The van der Waals surface area contributed by atoms with Gasteiger partial charge in [-0.1, -0.05) is 0 Å². The molecule has 172 valence electrons. The predicted molar refractivity (Wildman–Crippen MR) is 117 cm³/mol. The molecule has 1 aliphatic heterocycles. The van der Waals surface area contributed by atoms with Gasteiger partial charge in [-0.15, -0.1) is 0 Å². The van der Waals surface area contributed by atoms with E-state index in [1.807, 2.05) is 0 Å². The maximum Gasteiger partial charge on any atom is 0.321 e. The van der Waals surface area contributed by atoms with Gasteiger partial charge in [0.05, 0.1) is 33.6 Å². The Morgan fingerprint density at radius 1 is 1.32 bits per heavy atom. The lowest BCUT2D eigenvalue weighted by molar-refractivity contribution is -0.141. The molecule has 0 saturated heterocycles. The van der Waals surface area contributed by atoms with Gasteiger partial charge in [-0.2, -0.15) is 9.86 Å². The van der Waals surface area contributed by atoms with Crippen LogP contribution in [-0.2, 0) is 4.79 Å². The number of carbonyl (C=O) groups is 1. The summed E-state index contributed by atoms with van der Waals surface area (Å²) in [5, 5.41) is 34.0. The van der Waals surface area contributed by atoms with Gasteiger partial charge in [-0.05, 0) is 30.7 Å². The van der Waals surface area contributed by atoms with Gasteiger partial charge in [0.15, 0.2) is 19.9 Å². The van der Waals surface area contributed by atoms with Gasteiger partial charge < -0.3 is 30.5 Å². The van der Waals surface area contributed by atoms with E-state index >= 15 is 0 Å². The van der Waals surface area contributed by atoms with Crippen molar-refractivity contribution in [3.63, 3.8) is 0 Å². The largest absolute Gasteiger partial charge is 0.493 e. The zero-order chi connectivity index (χ0) is 23.0. The minimum Gasteiger partial charge on any atom is -0.493 e. The fraction of sp³-hybridized carbons (Fsp3) is 0.500. The maximum absolute atomic E-state index is 11.7. The lowest BCUT2D eigenvalue weighted by Crippen LogP contribution is -2.51. The average molecular weight is 456 g/mol. The number of guanidine groups is 1. The number of methoxy groups -OCH3 is 2. The highest BCUT2D eigenvalue weighted by Crippen LogP contribution is 2.49. The Bertz CT molecular complexity index is 804. The maximum atomic E-state index is 11.7. The van der Waals surface area contributed by atoms with Crippen LogP contribution in [-0.4, -0.2) is 101 Å². The van der Waals surface area contributed by atoms with Gasteiger partial charge in [-0.25, -0.2) is 14.3 Å². The van der Waals surface area contributed by atoms with Crippen LogP contribution in [0, 0.1) is 0 Å². The minimum atomic E-state index is -1.55. The van der Waals surface area contributed by atoms with Gasteiger partial charge in [0.1, 0.15) is 12.7 Å². The molecule has 1 aromatic carbocycles. The zero-order valence-electron chi connectivity index (χ0n) is 17.7. The summed E-state index contributed by atoms with van der Waals surface area (Å²) in [5.74, 6) is 0.205. The van der Waals surface area contributed by atoms with Gasteiger partial charge in [0, 0.05) is 13.1 Å². The number of nitrogens with zero attached hydrogens (tertiary/aromatic N) is 5. The molecule has 31 heavy (non-hydrogen) atoms. The number of aliphatic hydroxyl groups excluding tert-OH is 2. The molecule has 0 spiro atoms. The number of rotatable bonds is 11. The highest BCUT2D eigenvalue weighted by atomic mass is 31.1. The summed E-state index contributed by atoms with van der Waals surface area (Å²) in [6, 6.07) is 4.39. The number of aliphatic carboxylic acids is 1. The van der Waals surface area contributed by atoms with Crippen molar-refractivity contribution in [3.8, 4) is 11.5 Å². The van der Waals surface area contributed by atoms with Gasteiger partial charge in [0.2, 0.25) is 5.96 Å². The van der Waals surface area contributed by atoms with Crippen LogP contribution in [0.15, 0.2) is 28.1 Å². The molecule has 0 saturated carbocycles. The Morgan fingerprint density at radius 2 is 1.97 bits per heavy atom. The molecule has 0 fully saturated rings. The van der Waals surface area contributed by atoms with Gasteiger partial charge >= 0.3 is 5.97 Å². The van der Waals surface area contributed by atoms with Gasteiger partial charge in [0.25, 0.3) is 0 Å². The molecule has 0 radical (unpaired) electrons. The highest BCUT2D eigenvalue weighted by molar-refractivity contribution is 7.51. The topological polar surface area (TPSA) is 157 Å². The summed E-state index contributed by atoms with van der Waals surface area (Å²) in [6.07, 6.45) is 1.56. The molecule has 13 heteroatoms. The molecule has 1 heterocycles. The lowest BCUT2D eigenvalue weighted by atomic mass is 10.2. The summed E-state index contributed by atoms with van der Waals surface area (Å²) < 4.78 is 18.3. The second kappa shape index (κ2) is 11.8. The fourth-order valence-electron chi connectivity index (χ4n) is 2.78. The van der Waals surface area contributed by atoms with E-state index < -0.39 is 20.4 Å². The Morgan fingerprint density at radius 3 is 2.52 bits per heavy atom. The minimum absolute atomic E-state index is 0.0751. The van der Waals surface area contributed by atoms with Crippen LogP contribution >= 0.6 is 8.37 Å². The number of carboxylic acid groups (broad SMARTS) is 1. The van der Waals surface area contributed by atoms with Crippen molar-refractivity contribution >= 4 is 26.5 Å². The Kier molecular flexibility index (Phi) is 9.41. The zero-order valence-corrected chi connectivity index (χ0v) is 18.6. The van der Waals surface area contributed by atoms with Crippen LogP contribution in [0.25, 0.3) is 0 Å². The Labute approximate surface area is 182 Å². The molecule has 5 N–H and O–H groups in total. The number of hydrazone groups is 1. The summed E-state index contributed by atoms with van der Waals surface area (Å²) in [5.41, 5.74) is 6.83. The standard InChI is InChI=1S/C18H29N6O6P/c1-13(17(27)28)24-12-23(18(19)21-31(24)22(6-8-25)7-9-26)20-11-14-4-5-15(29-2)16(10-14)30-3/h4-5,10-11,13,25-26H,6-9,12H2,1-3H3,(H2,19,21)(H,27,28)/b20-11+. The summed E-state index contributed by atoms with van der Waals surface area (Å²) in [7, 11) is 1.53. The van der Waals surface area contributed by atoms with Crippen molar-refractivity contribution in [2.75, 3.05) is 47.2 Å². The third-order valence-electron chi connectivity index (χ3n) is 4.49. The van der Waals surface area contributed by atoms with Crippen LogP contribution in [0.4, 0.5) is 0 Å². The molecule has 2 rings (SSSR count). The number of carboxylic acids is 1. The van der Waals surface area contributed by atoms with Crippen LogP contribution in [0.1, 0.15) is 12.5 Å². The average Bonchev–Trinajstić information content (AvgIpc) is 2.77. The number of hydrogen-bond donors (Lipinski definition) is 4. The van der Waals surface area contributed by atoms with Crippen LogP contribution < -0.4 is 15.2 Å². The van der Waals surface area contributed by atoms with E-state index in [0.717, 1.165) is 5.56 Å². The smallest absolute Gasteiger partial charge is 0.321 e. The van der Waals surface area contributed by atoms with E-state index in [0.29, 0.717) is 11.5 Å². The van der Waals surface area contributed by atoms with Crippen LogP contribution in [0.5, 0.6) is 11.5 Å². The summed E-state index contributed by atoms with van der Waals surface area (Å²) >= 11 is 0. The van der Waals surface area contributed by atoms with Crippen molar-refractivity contribution in [2.24, 2.45) is 15.6 Å². The predicted octanol–water partition coefficient (Wildman–Crippen LogP) is -0.0859. The molecule has 1 aliphatic rings. The van der Waals surface area contributed by atoms with Crippen molar-refractivity contribution in [1.82, 2.24) is 14.3 Å². The summed E-state index contributed by atoms with van der Waals surface area (Å²) in [4.78, 5) is 11.7. The van der Waals surface area contributed by atoms with Crippen LogP contribution in [0.2, 0.25) is 0 Å². The molecule has 12 nitrogen and oxygen atoms in total. The molecule has 0 amide bonds. The normalized spacial score (nSPS) is 18.3. The second-order valence-corrected chi connectivity index (χ2v) is 8.30. The first-order valence-electron chi connectivity index (χ1n) is 9.49. The fourth-order valence-corrected chi connectivity index (χ4v) is 4.82. The van der Waals surface area contributed by atoms with E-state index in [4.69, 9.17) is 15.2 Å². The number of ether oxygens (including phenoxy) is 2. The molecule has 1 aromatic rings. The van der Waals surface area contributed by atoms with Gasteiger partial charge in [-0.3, -0.25) is 4.79 Å². The van der Waals surface area contributed by atoms with E-state index in [1.54, 1.807) is 47.8 Å². The molecular weight excluding hydrogens is 427 g/mol. The molecule has 2 atom stereocenters. The number of aliphatic hydroxyl groups is 2. The number of nitrogens with two attached hydrogens (primary N) is 1. The van der Waals surface area contributed by atoms with Crippen LogP contribution in [0.3, 0.4) is 0 Å². The number of benzene rings is 1. The number of hydrogen-bond acceptors (Lipinski definition) is 11. The van der Waals surface area contributed by atoms with Crippen molar-refractivity contribution in [2.45, 2.75) is 13.0 Å².